The first-order valence-electron chi connectivity index (χ1n) is 7.31. The van der Waals surface area contributed by atoms with E-state index in [1.165, 1.54) is 19.3 Å². The Morgan fingerprint density at radius 2 is 1.64 bits per heavy atom. The second-order valence-corrected chi connectivity index (χ2v) is 6.75. The van der Waals surface area contributed by atoms with Crippen LogP contribution < -0.4 is 33.1 Å². The van der Waals surface area contributed by atoms with Crippen molar-refractivity contribution in [1.29, 1.82) is 0 Å². The molecule has 6 heteroatoms. The minimum absolute atomic E-state index is 0. The molecule has 0 heterocycles. The number of methoxy groups -OCH3 is 3. The monoisotopic (exact) mass is 318 g/mol. The Morgan fingerprint density at radius 3 is 2.18 bits per heavy atom. The SMILES string of the molecule is COc1ccc(OC)c(C(=O)PC2CCCCC2)c1OC.[H-].[Li+]. The number of rotatable bonds is 6. The Balaban J connectivity index is 0.00000242. The van der Waals surface area contributed by atoms with Gasteiger partial charge in [-0.25, -0.2) is 0 Å². The Morgan fingerprint density at radius 1 is 1.05 bits per heavy atom. The molecule has 118 valence electrons. The molecule has 1 aromatic carbocycles. The number of hydrogen-bond acceptors (Lipinski definition) is 4. The third kappa shape index (κ3) is 4.41. The van der Waals surface area contributed by atoms with Crippen LogP contribution in [0.3, 0.4) is 0 Å². The number of benzene rings is 1. The van der Waals surface area contributed by atoms with Gasteiger partial charge in [-0.1, -0.05) is 19.3 Å². The second-order valence-electron chi connectivity index (χ2n) is 5.19. The van der Waals surface area contributed by atoms with Crippen molar-refractivity contribution >= 4 is 14.1 Å². The fourth-order valence-electron chi connectivity index (χ4n) is 2.80. The van der Waals surface area contributed by atoms with E-state index in [1.807, 2.05) is 0 Å². The molecular formula is C16H24LiO4P. The van der Waals surface area contributed by atoms with E-state index in [0.717, 1.165) is 12.8 Å². The molecule has 0 spiro atoms. The Bertz CT molecular complexity index is 507. The average Bonchev–Trinajstić information content (AvgIpc) is 2.54. The summed E-state index contributed by atoms with van der Waals surface area (Å²) in [7, 11) is 4.97. The fourth-order valence-corrected chi connectivity index (χ4v) is 4.25. The summed E-state index contributed by atoms with van der Waals surface area (Å²) in [5.74, 6) is 1.60. The van der Waals surface area contributed by atoms with E-state index < -0.39 is 0 Å². The summed E-state index contributed by atoms with van der Waals surface area (Å²) in [5, 5.41) is 0. The van der Waals surface area contributed by atoms with Crippen LogP contribution in [-0.4, -0.2) is 32.5 Å². The van der Waals surface area contributed by atoms with Crippen LogP contribution in [0.25, 0.3) is 0 Å². The van der Waals surface area contributed by atoms with Crippen LogP contribution in [0.5, 0.6) is 17.2 Å². The molecule has 22 heavy (non-hydrogen) atoms. The van der Waals surface area contributed by atoms with Gasteiger partial charge < -0.3 is 15.6 Å². The predicted octanol–water partition coefficient (Wildman–Crippen LogP) is 0.980. The summed E-state index contributed by atoms with van der Waals surface area (Å²) in [6.07, 6.45) is 6.06. The molecule has 1 aliphatic carbocycles. The van der Waals surface area contributed by atoms with Gasteiger partial charge in [0.15, 0.2) is 17.0 Å². The first-order valence-corrected chi connectivity index (χ1v) is 8.38. The summed E-state index contributed by atoms with van der Waals surface area (Å²) in [6, 6.07) is 3.53. The smallest absolute Gasteiger partial charge is 1.00 e. The van der Waals surface area contributed by atoms with Crippen molar-refractivity contribution < 1.29 is 39.3 Å². The molecule has 0 aromatic heterocycles. The summed E-state index contributed by atoms with van der Waals surface area (Å²) >= 11 is 0. The Kier molecular flexibility index (Phi) is 8.32. The third-order valence-electron chi connectivity index (χ3n) is 3.89. The van der Waals surface area contributed by atoms with Gasteiger partial charge in [0.2, 0.25) is 0 Å². The van der Waals surface area contributed by atoms with Crippen molar-refractivity contribution in [3.63, 3.8) is 0 Å². The van der Waals surface area contributed by atoms with Gasteiger partial charge in [0.1, 0.15) is 11.3 Å². The molecule has 0 amide bonds. The second kappa shape index (κ2) is 9.45. The van der Waals surface area contributed by atoms with E-state index in [0.29, 0.717) is 28.5 Å². The molecular weight excluding hydrogens is 294 g/mol. The zero-order valence-corrected chi connectivity index (χ0v) is 14.9. The quantitative estimate of drug-likeness (QED) is 0.579. The van der Waals surface area contributed by atoms with Gasteiger partial charge in [-0.15, -0.1) is 0 Å². The van der Waals surface area contributed by atoms with E-state index in [-0.39, 0.29) is 34.4 Å². The average molecular weight is 318 g/mol. The zero-order valence-electron chi connectivity index (χ0n) is 14.9. The Labute approximate surface area is 147 Å². The normalized spacial score (nSPS) is 15.4. The molecule has 0 radical (unpaired) electrons. The van der Waals surface area contributed by atoms with E-state index >= 15 is 0 Å². The predicted molar refractivity (Wildman–Crippen MR) is 86.7 cm³/mol. The van der Waals surface area contributed by atoms with Crippen LogP contribution >= 0.6 is 8.58 Å². The first kappa shape index (κ1) is 19.4. The van der Waals surface area contributed by atoms with Crippen molar-refractivity contribution in [3.05, 3.63) is 17.7 Å². The van der Waals surface area contributed by atoms with Gasteiger partial charge in [0, 0.05) is 0 Å². The van der Waals surface area contributed by atoms with Crippen LogP contribution in [0.15, 0.2) is 12.1 Å². The Hall–Kier alpha value is -0.683. The van der Waals surface area contributed by atoms with E-state index in [4.69, 9.17) is 14.2 Å². The summed E-state index contributed by atoms with van der Waals surface area (Å²) in [6.45, 7) is 0. The number of hydrogen-bond donors (Lipinski definition) is 0. The molecule has 2 rings (SSSR count). The molecule has 1 atom stereocenters. The molecule has 1 aliphatic rings. The maximum Gasteiger partial charge on any atom is 1.00 e. The van der Waals surface area contributed by atoms with Gasteiger partial charge in [0.05, 0.1) is 21.3 Å². The largest absolute Gasteiger partial charge is 1.00 e. The van der Waals surface area contributed by atoms with Crippen LogP contribution in [0.2, 0.25) is 0 Å². The molecule has 1 saturated carbocycles. The number of carbonyl (C=O) groups is 1. The van der Waals surface area contributed by atoms with E-state index in [2.05, 4.69) is 0 Å². The van der Waals surface area contributed by atoms with Crippen LogP contribution in [0, 0.1) is 0 Å². The molecule has 1 fully saturated rings. The molecule has 1 unspecified atom stereocenters. The van der Waals surface area contributed by atoms with Crippen molar-refractivity contribution in [2.24, 2.45) is 0 Å². The van der Waals surface area contributed by atoms with E-state index in [1.54, 1.807) is 33.5 Å². The van der Waals surface area contributed by atoms with Crippen molar-refractivity contribution in [2.45, 2.75) is 37.8 Å². The summed E-state index contributed by atoms with van der Waals surface area (Å²) in [4.78, 5) is 12.7. The van der Waals surface area contributed by atoms with Gasteiger partial charge >= 0.3 is 18.9 Å². The summed E-state index contributed by atoms with van der Waals surface area (Å²) < 4.78 is 16.0. The van der Waals surface area contributed by atoms with Gasteiger partial charge in [-0.3, -0.25) is 4.79 Å². The molecule has 0 saturated heterocycles. The van der Waals surface area contributed by atoms with Crippen molar-refractivity contribution in [1.82, 2.24) is 0 Å². The molecule has 4 nitrogen and oxygen atoms in total. The van der Waals surface area contributed by atoms with Crippen molar-refractivity contribution in [3.8, 4) is 17.2 Å². The molecule has 0 aliphatic heterocycles. The van der Waals surface area contributed by atoms with Gasteiger partial charge in [0.25, 0.3) is 0 Å². The topological polar surface area (TPSA) is 44.8 Å². The van der Waals surface area contributed by atoms with Crippen LogP contribution in [0.1, 0.15) is 43.9 Å². The molecule has 0 N–H and O–H groups in total. The first-order chi connectivity index (χ1) is 10.2. The number of ether oxygens (including phenoxy) is 3. The third-order valence-corrected chi connectivity index (χ3v) is 5.39. The van der Waals surface area contributed by atoms with Crippen LogP contribution in [-0.2, 0) is 0 Å². The summed E-state index contributed by atoms with van der Waals surface area (Å²) in [5.41, 5.74) is 1.13. The zero-order chi connectivity index (χ0) is 15.2. The minimum Gasteiger partial charge on any atom is -1.00 e. The van der Waals surface area contributed by atoms with Crippen molar-refractivity contribution in [2.75, 3.05) is 21.3 Å². The molecule has 0 bridgehead atoms. The minimum atomic E-state index is 0. The standard InChI is InChI=1S/C16H23O4P.Li.H/c1-18-12-9-10-13(19-2)15(20-3)14(12)16(17)21-11-7-5-4-6-8-11;;/h9-11,21H,4-8H2,1-3H3;;/q;+1;-1. The number of carbonyl (C=O) groups excluding carboxylic acids is 1. The van der Waals surface area contributed by atoms with Crippen LogP contribution in [0.4, 0.5) is 0 Å². The molecule has 1 aromatic rings. The fraction of sp³-hybridized carbons (Fsp3) is 0.562. The maximum absolute atomic E-state index is 12.7. The van der Waals surface area contributed by atoms with Gasteiger partial charge in [-0.05, 0) is 39.2 Å². The van der Waals surface area contributed by atoms with E-state index in [9.17, 15) is 4.79 Å². The maximum atomic E-state index is 12.7. The van der Waals surface area contributed by atoms with Gasteiger partial charge in [-0.2, -0.15) is 0 Å².